The number of nitrogens with one attached hydrogen (secondary N) is 1. The summed E-state index contributed by atoms with van der Waals surface area (Å²) >= 11 is 0. The minimum Gasteiger partial charge on any atom is -0.493 e. The molecule has 1 aliphatic heterocycles. The minimum absolute atomic E-state index is 0.0571. The highest BCUT2D eigenvalue weighted by molar-refractivity contribution is 5.81. The number of hydrogen-bond donors (Lipinski definition) is 1. The van der Waals surface area contributed by atoms with Crippen LogP contribution in [-0.2, 0) is 20.9 Å². The van der Waals surface area contributed by atoms with E-state index in [9.17, 15) is 9.59 Å². The van der Waals surface area contributed by atoms with Gasteiger partial charge in [0, 0.05) is 27.2 Å². The molecule has 24 heavy (non-hydrogen) atoms. The highest BCUT2D eigenvalue weighted by Gasteiger charge is 2.23. The fourth-order valence-electron chi connectivity index (χ4n) is 2.30. The van der Waals surface area contributed by atoms with Crippen molar-refractivity contribution >= 4 is 11.8 Å². The first-order valence-corrected chi connectivity index (χ1v) is 7.90. The van der Waals surface area contributed by atoms with Crippen molar-refractivity contribution in [3.63, 3.8) is 0 Å². The Morgan fingerprint density at radius 2 is 2.12 bits per heavy atom. The maximum Gasteiger partial charge on any atom is 0.259 e. The van der Waals surface area contributed by atoms with Crippen molar-refractivity contribution in [2.75, 3.05) is 34.4 Å². The lowest BCUT2D eigenvalue weighted by Crippen LogP contribution is -2.33. The molecule has 2 amide bonds. The van der Waals surface area contributed by atoms with Crippen molar-refractivity contribution in [3.8, 4) is 11.5 Å². The Morgan fingerprint density at radius 3 is 2.75 bits per heavy atom. The van der Waals surface area contributed by atoms with Gasteiger partial charge >= 0.3 is 0 Å². The second-order valence-electron chi connectivity index (χ2n) is 5.78. The Labute approximate surface area is 141 Å². The van der Waals surface area contributed by atoms with E-state index in [1.807, 2.05) is 6.07 Å². The lowest BCUT2D eigenvalue weighted by molar-refractivity contribution is -0.131. The SMILES string of the molecule is COc1cc(CNC(=O)C2CCCO2)ccc1OCC(=O)N(C)C. The van der Waals surface area contributed by atoms with Crippen molar-refractivity contribution < 1.29 is 23.8 Å². The molecule has 132 valence electrons. The highest BCUT2D eigenvalue weighted by atomic mass is 16.5. The lowest BCUT2D eigenvalue weighted by Gasteiger charge is -2.15. The zero-order valence-corrected chi connectivity index (χ0v) is 14.3. The lowest BCUT2D eigenvalue weighted by atomic mass is 10.2. The van der Waals surface area contributed by atoms with Gasteiger partial charge in [-0.3, -0.25) is 9.59 Å². The molecule has 1 heterocycles. The number of methoxy groups -OCH3 is 1. The van der Waals surface area contributed by atoms with Gasteiger partial charge in [0.15, 0.2) is 18.1 Å². The van der Waals surface area contributed by atoms with E-state index in [2.05, 4.69) is 5.32 Å². The van der Waals surface area contributed by atoms with E-state index >= 15 is 0 Å². The first kappa shape index (κ1) is 18.1. The van der Waals surface area contributed by atoms with Crippen LogP contribution in [0.25, 0.3) is 0 Å². The number of benzene rings is 1. The molecule has 1 atom stereocenters. The molecule has 1 fully saturated rings. The molecule has 0 bridgehead atoms. The second-order valence-corrected chi connectivity index (χ2v) is 5.78. The van der Waals surface area contributed by atoms with Gasteiger partial charge in [0.05, 0.1) is 7.11 Å². The molecular weight excluding hydrogens is 312 g/mol. The van der Waals surface area contributed by atoms with Gasteiger partial charge in [0.25, 0.3) is 5.91 Å². The van der Waals surface area contributed by atoms with Crippen LogP contribution in [0.5, 0.6) is 11.5 Å². The molecule has 1 aromatic rings. The van der Waals surface area contributed by atoms with E-state index < -0.39 is 0 Å². The van der Waals surface area contributed by atoms with Crippen LogP contribution in [-0.4, -0.2) is 57.2 Å². The van der Waals surface area contributed by atoms with E-state index in [0.717, 1.165) is 18.4 Å². The van der Waals surface area contributed by atoms with Crippen LogP contribution in [0.1, 0.15) is 18.4 Å². The number of likely N-dealkylation sites (N-methyl/N-ethyl adjacent to an activating group) is 1. The number of carbonyl (C=O) groups excluding carboxylic acids is 2. The number of hydrogen-bond acceptors (Lipinski definition) is 5. The molecule has 0 aromatic heterocycles. The number of carbonyl (C=O) groups is 2. The average Bonchev–Trinajstić information content (AvgIpc) is 3.12. The van der Waals surface area contributed by atoms with E-state index in [-0.39, 0.29) is 24.5 Å². The quantitative estimate of drug-likeness (QED) is 0.802. The van der Waals surface area contributed by atoms with Crippen LogP contribution in [0.3, 0.4) is 0 Å². The minimum atomic E-state index is -0.341. The fourth-order valence-corrected chi connectivity index (χ4v) is 2.30. The van der Waals surface area contributed by atoms with Gasteiger partial charge in [0.2, 0.25) is 5.91 Å². The molecule has 2 rings (SSSR count). The summed E-state index contributed by atoms with van der Waals surface area (Å²) in [5.74, 6) is 0.778. The number of nitrogens with zero attached hydrogens (tertiary/aromatic N) is 1. The molecule has 0 radical (unpaired) electrons. The van der Waals surface area contributed by atoms with Crippen molar-refractivity contribution in [2.45, 2.75) is 25.5 Å². The van der Waals surface area contributed by atoms with Crippen molar-refractivity contribution in [2.24, 2.45) is 0 Å². The summed E-state index contributed by atoms with van der Waals surface area (Å²) in [6.07, 6.45) is 1.34. The normalized spacial score (nSPS) is 16.5. The standard InChI is InChI=1S/C17H24N2O5/c1-19(2)16(20)11-24-13-7-6-12(9-15(13)22-3)10-18-17(21)14-5-4-8-23-14/h6-7,9,14H,4-5,8,10-11H2,1-3H3,(H,18,21). The third-order valence-corrected chi connectivity index (χ3v) is 3.77. The molecule has 7 nitrogen and oxygen atoms in total. The van der Waals surface area contributed by atoms with E-state index in [1.54, 1.807) is 26.2 Å². The van der Waals surface area contributed by atoms with Crippen molar-refractivity contribution in [1.29, 1.82) is 0 Å². The Balaban J connectivity index is 1.92. The van der Waals surface area contributed by atoms with Crippen LogP contribution >= 0.6 is 0 Å². The molecule has 1 aliphatic rings. The Morgan fingerprint density at radius 1 is 1.33 bits per heavy atom. The molecular formula is C17H24N2O5. The molecule has 1 aromatic carbocycles. The monoisotopic (exact) mass is 336 g/mol. The number of amides is 2. The second kappa shape index (κ2) is 8.54. The van der Waals surface area contributed by atoms with Crippen LogP contribution in [0.4, 0.5) is 0 Å². The van der Waals surface area contributed by atoms with Crippen molar-refractivity contribution in [1.82, 2.24) is 10.2 Å². The smallest absolute Gasteiger partial charge is 0.259 e. The van der Waals surface area contributed by atoms with Gasteiger partial charge in [-0.05, 0) is 30.5 Å². The summed E-state index contributed by atoms with van der Waals surface area (Å²) in [7, 11) is 4.87. The molecule has 0 saturated carbocycles. The largest absolute Gasteiger partial charge is 0.493 e. The van der Waals surface area contributed by atoms with Crippen LogP contribution in [0, 0.1) is 0 Å². The Bertz CT molecular complexity index is 582. The van der Waals surface area contributed by atoms with Crippen LogP contribution < -0.4 is 14.8 Å². The van der Waals surface area contributed by atoms with Gasteiger partial charge in [-0.25, -0.2) is 0 Å². The Hall–Kier alpha value is -2.28. The zero-order valence-electron chi connectivity index (χ0n) is 14.3. The van der Waals surface area contributed by atoms with E-state index in [1.165, 1.54) is 12.0 Å². The predicted molar refractivity (Wildman–Crippen MR) is 88.0 cm³/mol. The predicted octanol–water partition coefficient (Wildman–Crippen LogP) is 0.957. The van der Waals surface area contributed by atoms with Gasteiger partial charge < -0.3 is 24.4 Å². The summed E-state index contributed by atoms with van der Waals surface area (Å²) < 4.78 is 16.1. The highest BCUT2D eigenvalue weighted by Crippen LogP contribution is 2.28. The summed E-state index contributed by atoms with van der Waals surface area (Å²) in [6.45, 7) is 0.966. The maximum atomic E-state index is 11.9. The molecule has 1 unspecified atom stereocenters. The Kier molecular flexibility index (Phi) is 6.43. The van der Waals surface area contributed by atoms with Gasteiger partial charge in [-0.2, -0.15) is 0 Å². The first-order chi connectivity index (χ1) is 11.5. The van der Waals surface area contributed by atoms with Crippen LogP contribution in [0.15, 0.2) is 18.2 Å². The fraction of sp³-hybridized carbons (Fsp3) is 0.529. The molecule has 1 saturated heterocycles. The topological polar surface area (TPSA) is 77.1 Å². The van der Waals surface area contributed by atoms with E-state index in [0.29, 0.717) is 24.7 Å². The average molecular weight is 336 g/mol. The molecule has 0 aliphatic carbocycles. The van der Waals surface area contributed by atoms with Gasteiger partial charge in [-0.15, -0.1) is 0 Å². The summed E-state index contributed by atoms with van der Waals surface area (Å²) in [5.41, 5.74) is 0.879. The van der Waals surface area contributed by atoms with Gasteiger partial charge in [0.1, 0.15) is 6.10 Å². The van der Waals surface area contributed by atoms with Gasteiger partial charge in [-0.1, -0.05) is 6.07 Å². The molecule has 7 heteroatoms. The third kappa shape index (κ3) is 4.86. The molecule has 1 N–H and O–H groups in total. The number of rotatable bonds is 7. The summed E-state index contributed by atoms with van der Waals surface area (Å²) in [5, 5.41) is 2.86. The zero-order chi connectivity index (χ0) is 17.5. The number of ether oxygens (including phenoxy) is 3. The first-order valence-electron chi connectivity index (χ1n) is 7.90. The van der Waals surface area contributed by atoms with Crippen LogP contribution in [0.2, 0.25) is 0 Å². The summed E-state index contributed by atoms with van der Waals surface area (Å²) in [4.78, 5) is 25.0. The van der Waals surface area contributed by atoms with Crippen molar-refractivity contribution in [3.05, 3.63) is 23.8 Å². The molecule has 0 spiro atoms. The van der Waals surface area contributed by atoms with E-state index in [4.69, 9.17) is 14.2 Å². The summed E-state index contributed by atoms with van der Waals surface area (Å²) in [6, 6.07) is 5.34. The maximum absolute atomic E-state index is 11.9. The third-order valence-electron chi connectivity index (χ3n) is 3.77.